The van der Waals surface area contributed by atoms with Crippen LogP contribution in [0.25, 0.3) is 5.69 Å². The molecule has 0 fully saturated rings. The van der Waals surface area contributed by atoms with E-state index in [0.29, 0.717) is 36.6 Å². The lowest BCUT2D eigenvalue weighted by molar-refractivity contribution is 0.476. The molecule has 0 amide bonds. The number of anilines is 1. The Morgan fingerprint density at radius 1 is 1.22 bits per heavy atom. The third-order valence-electron chi connectivity index (χ3n) is 4.97. The number of aliphatic imine (C=N–C) groups is 1. The molecular weight excluding hydrogens is 405 g/mol. The van der Waals surface area contributed by atoms with Crippen LogP contribution in [0.3, 0.4) is 0 Å². The molecule has 8 heteroatoms. The fourth-order valence-electron chi connectivity index (χ4n) is 3.38. The molecule has 0 aliphatic rings. The molecule has 0 saturated carbocycles. The Morgan fingerprint density at radius 3 is 2.59 bits per heavy atom. The average molecular weight is 434 g/mol. The van der Waals surface area contributed by atoms with Gasteiger partial charge in [-0.1, -0.05) is 30.3 Å². The number of hydrogen-bond acceptors (Lipinski definition) is 4. The van der Waals surface area contributed by atoms with Crippen LogP contribution in [0.2, 0.25) is 0 Å². The molecule has 0 bridgehead atoms. The summed E-state index contributed by atoms with van der Waals surface area (Å²) in [5.41, 5.74) is 9.08. The van der Waals surface area contributed by atoms with E-state index in [1.54, 1.807) is 16.8 Å². The van der Waals surface area contributed by atoms with Crippen LogP contribution in [-0.4, -0.2) is 40.8 Å². The Labute approximate surface area is 188 Å². The zero-order valence-corrected chi connectivity index (χ0v) is 18.4. The van der Waals surface area contributed by atoms with E-state index < -0.39 is 0 Å². The first kappa shape index (κ1) is 22.8. The molecule has 1 aromatic heterocycles. The number of nitrogens with one attached hydrogen (secondary N) is 1. The zero-order chi connectivity index (χ0) is 22.9. The van der Waals surface area contributed by atoms with E-state index >= 15 is 0 Å². The molecule has 3 rings (SSSR count). The van der Waals surface area contributed by atoms with Gasteiger partial charge in [-0.2, -0.15) is 10.4 Å². The third kappa shape index (κ3) is 5.64. The number of aryl methyl sites for hydroxylation is 1. The van der Waals surface area contributed by atoms with Gasteiger partial charge in [-0.05, 0) is 49.6 Å². The number of benzene rings is 2. The first-order valence-corrected chi connectivity index (χ1v) is 10.6. The maximum Gasteiger partial charge on any atom is 0.193 e. The van der Waals surface area contributed by atoms with Gasteiger partial charge in [-0.15, -0.1) is 0 Å². The summed E-state index contributed by atoms with van der Waals surface area (Å²) in [5.74, 6) is 0.875. The number of halogens is 1. The van der Waals surface area contributed by atoms with E-state index in [1.807, 2.05) is 49.2 Å². The molecule has 0 aliphatic carbocycles. The predicted molar refractivity (Wildman–Crippen MR) is 125 cm³/mol. The van der Waals surface area contributed by atoms with Crippen molar-refractivity contribution in [3.8, 4) is 11.8 Å². The van der Waals surface area contributed by atoms with Crippen molar-refractivity contribution in [2.45, 2.75) is 26.3 Å². The quantitative estimate of drug-likeness (QED) is 0.322. The van der Waals surface area contributed by atoms with Crippen LogP contribution in [-0.2, 0) is 13.0 Å². The van der Waals surface area contributed by atoms with Gasteiger partial charge < -0.3 is 16.0 Å². The minimum absolute atomic E-state index is 0.246. The van der Waals surface area contributed by atoms with E-state index in [1.165, 1.54) is 12.1 Å². The van der Waals surface area contributed by atoms with Crippen LogP contribution in [0.1, 0.15) is 30.2 Å². The van der Waals surface area contributed by atoms with Crippen molar-refractivity contribution in [2.24, 2.45) is 4.99 Å². The van der Waals surface area contributed by atoms with Gasteiger partial charge in [0.05, 0.1) is 11.4 Å². The Bertz CT molecular complexity index is 1080. The normalized spacial score (nSPS) is 11.2. The summed E-state index contributed by atoms with van der Waals surface area (Å²) in [6.07, 6.45) is 1.32. The van der Waals surface area contributed by atoms with E-state index in [9.17, 15) is 9.65 Å². The van der Waals surface area contributed by atoms with Crippen molar-refractivity contribution in [1.82, 2.24) is 20.0 Å². The Morgan fingerprint density at radius 2 is 1.94 bits per heavy atom. The minimum atomic E-state index is -0.246. The Kier molecular flexibility index (Phi) is 7.81. The van der Waals surface area contributed by atoms with Gasteiger partial charge >= 0.3 is 0 Å². The van der Waals surface area contributed by atoms with Gasteiger partial charge in [0, 0.05) is 26.7 Å². The summed E-state index contributed by atoms with van der Waals surface area (Å²) in [6, 6.07) is 18.2. The highest BCUT2D eigenvalue weighted by Crippen LogP contribution is 2.21. The number of aromatic nitrogens is 2. The molecule has 7 nitrogen and oxygen atoms in total. The Balaban J connectivity index is 1.65. The lowest BCUT2D eigenvalue weighted by atomic mass is 10.1. The summed E-state index contributed by atoms with van der Waals surface area (Å²) in [7, 11) is 1.95. The Hall–Kier alpha value is -3.86. The van der Waals surface area contributed by atoms with Crippen molar-refractivity contribution in [1.29, 1.82) is 5.26 Å². The molecule has 166 valence electrons. The SMILES string of the molecule is CCNC(=NCCCc1nn(-c2ccccc2)c(N)c1C#N)N(C)Cc1ccc(F)cc1. The van der Waals surface area contributed by atoms with E-state index in [4.69, 9.17) is 10.7 Å². The zero-order valence-electron chi connectivity index (χ0n) is 18.4. The average Bonchev–Trinajstić information content (AvgIpc) is 3.13. The second-order valence-corrected chi connectivity index (χ2v) is 7.39. The van der Waals surface area contributed by atoms with Crippen molar-refractivity contribution >= 4 is 11.8 Å². The summed E-state index contributed by atoms with van der Waals surface area (Å²) in [5, 5.41) is 17.4. The monoisotopic (exact) mass is 433 g/mol. The number of rotatable bonds is 8. The number of guanidine groups is 1. The van der Waals surface area contributed by atoms with Gasteiger partial charge in [-0.3, -0.25) is 4.99 Å². The number of nitriles is 1. The van der Waals surface area contributed by atoms with E-state index in [0.717, 1.165) is 30.2 Å². The van der Waals surface area contributed by atoms with E-state index in [-0.39, 0.29) is 5.82 Å². The van der Waals surface area contributed by atoms with Crippen molar-refractivity contribution < 1.29 is 4.39 Å². The smallest absolute Gasteiger partial charge is 0.193 e. The molecule has 0 saturated heterocycles. The fraction of sp³-hybridized carbons (Fsp3) is 0.292. The van der Waals surface area contributed by atoms with Crippen LogP contribution in [0.5, 0.6) is 0 Å². The summed E-state index contributed by atoms with van der Waals surface area (Å²) < 4.78 is 14.8. The second-order valence-electron chi connectivity index (χ2n) is 7.39. The van der Waals surface area contributed by atoms with Crippen molar-refractivity contribution in [3.63, 3.8) is 0 Å². The standard InChI is InChI=1S/C24H28FN7/c1-3-28-24(31(2)17-18-11-13-19(25)14-12-18)29-15-7-10-22-21(16-26)23(27)32(30-22)20-8-5-4-6-9-20/h4-6,8-9,11-14H,3,7,10,15,17,27H2,1-2H3,(H,28,29). The molecule has 0 atom stereocenters. The molecule has 2 aromatic carbocycles. The summed E-state index contributed by atoms with van der Waals surface area (Å²) in [4.78, 5) is 6.69. The molecule has 3 N–H and O–H groups in total. The molecule has 32 heavy (non-hydrogen) atoms. The number of nitrogen functional groups attached to an aromatic ring is 1. The van der Waals surface area contributed by atoms with Crippen LogP contribution >= 0.6 is 0 Å². The summed E-state index contributed by atoms with van der Waals surface area (Å²) >= 11 is 0. The van der Waals surface area contributed by atoms with Gasteiger partial charge in [0.25, 0.3) is 0 Å². The lowest BCUT2D eigenvalue weighted by Crippen LogP contribution is -2.38. The first-order chi connectivity index (χ1) is 15.5. The molecule has 0 spiro atoms. The molecule has 3 aromatic rings. The lowest BCUT2D eigenvalue weighted by Gasteiger charge is -2.22. The fourth-order valence-corrected chi connectivity index (χ4v) is 3.38. The largest absolute Gasteiger partial charge is 0.382 e. The molecular formula is C24H28FN7. The molecule has 1 heterocycles. The van der Waals surface area contributed by atoms with Crippen molar-refractivity contribution in [2.75, 3.05) is 25.9 Å². The van der Waals surface area contributed by atoms with E-state index in [2.05, 4.69) is 16.5 Å². The molecule has 0 radical (unpaired) electrons. The van der Waals surface area contributed by atoms with Gasteiger partial charge in [0.15, 0.2) is 5.96 Å². The van der Waals surface area contributed by atoms with Crippen LogP contribution in [0.4, 0.5) is 10.2 Å². The molecule has 0 aliphatic heterocycles. The van der Waals surface area contributed by atoms with Gasteiger partial charge in [0.1, 0.15) is 23.3 Å². The topological polar surface area (TPSA) is 95.3 Å². The van der Waals surface area contributed by atoms with Crippen LogP contribution < -0.4 is 11.1 Å². The maximum atomic E-state index is 13.1. The van der Waals surface area contributed by atoms with Gasteiger partial charge in [0.2, 0.25) is 0 Å². The van der Waals surface area contributed by atoms with Crippen molar-refractivity contribution in [3.05, 3.63) is 77.2 Å². The number of nitrogens with zero attached hydrogens (tertiary/aromatic N) is 5. The molecule has 0 unspecified atom stereocenters. The maximum absolute atomic E-state index is 13.1. The van der Waals surface area contributed by atoms with Crippen LogP contribution in [0, 0.1) is 17.1 Å². The second kappa shape index (κ2) is 11.0. The number of hydrogen-bond donors (Lipinski definition) is 2. The minimum Gasteiger partial charge on any atom is -0.382 e. The van der Waals surface area contributed by atoms with Gasteiger partial charge in [-0.25, -0.2) is 9.07 Å². The third-order valence-corrected chi connectivity index (χ3v) is 4.97. The number of nitrogens with two attached hydrogens (primary N) is 1. The first-order valence-electron chi connectivity index (χ1n) is 10.6. The predicted octanol–water partition coefficient (Wildman–Crippen LogP) is 3.50. The highest BCUT2D eigenvalue weighted by Gasteiger charge is 2.16. The summed E-state index contributed by atoms with van der Waals surface area (Å²) in [6.45, 7) is 3.93. The number of para-hydroxylation sites is 1. The highest BCUT2D eigenvalue weighted by molar-refractivity contribution is 5.79. The van der Waals surface area contributed by atoms with Crippen LogP contribution in [0.15, 0.2) is 59.6 Å². The highest BCUT2D eigenvalue weighted by atomic mass is 19.1.